The highest BCUT2D eigenvalue weighted by Crippen LogP contribution is 2.34. The Bertz CT molecular complexity index is 1280. The molecule has 2 aliphatic rings. The van der Waals surface area contributed by atoms with Gasteiger partial charge in [-0.05, 0) is 12.1 Å². The third kappa shape index (κ3) is 3.14. The number of pyridine rings is 2. The Morgan fingerprint density at radius 1 is 1.23 bits per heavy atom. The van der Waals surface area contributed by atoms with Crippen LogP contribution in [0.5, 0.6) is 0 Å². The maximum absolute atomic E-state index is 15.4. The summed E-state index contributed by atoms with van der Waals surface area (Å²) in [5.74, 6) is -2.87. The third-order valence-corrected chi connectivity index (χ3v) is 6.18. The average Bonchev–Trinajstić information content (AvgIpc) is 2.71. The van der Waals surface area contributed by atoms with Crippen LogP contribution in [0.4, 0.5) is 14.5 Å². The second kappa shape index (κ2) is 7.24. The number of hydrogen-bond donors (Lipinski definition) is 2. The Hall–Kier alpha value is -3.11. The molecule has 2 aromatic heterocycles. The average molecular weight is 429 g/mol. The van der Waals surface area contributed by atoms with E-state index in [-0.39, 0.29) is 33.7 Å². The van der Waals surface area contributed by atoms with Gasteiger partial charge in [0.1, 0.15) is 28.2 Å². The van der Waals surface area contributed by atoms with Crippen LogP contribution in [0.25, 0.3) is 21.9 Å². The van der Waals surface area contributed by atoms with Crippen molar-refractivity contribution >= 4 is 33.6 Å². The largest absolute Gasteiger partial charge is 0.477 e. The summed E-state index contributed by atoms with van der Waals surface area (Å²) in [5, 5.41) is 12.6. The van der Waals surface area contributed by atoms with E-state index in [4.69, 9.17) is 0 Å². The number of aryl methyl sites for hydroxylation is 1. The number of carbonyl (C=O) groups is 1. The monoisotopic (exact) mass is 429 g/mol. The van der Waals surface area contributed by atoms with Gasteiger partial charge in [0.15, 0.2) is 5.82 Å². The molecule has 3 aromatic rings. The van der Waals surface area contributed by atoms with E-state index < -0.39 is 28.6 Å². The number of piperazine rings is 1. The molecule has 10 heteroatoms. The summed E-state index contributed by atoms with van der Waals surface area (Å²) in [6.07, 6.45) is 1.15. The van der Waals surface area contributed by atoms with Crippen molar-refractivity contribution < 1.29 is 18.7 Å². The lowest BCUT2D eigenvalue weighted by Gasteiger charge is -2.48. The lowest BCUT2D eigenvalue weighted by Crippen LogP contribution is -2.63. The van der Waals surface area contributed by atoms with Crippen LogP contribution in [0, 0.1) is 11.6 Å². The minimum absolute atomic E-state index is 0.00386. The Morgan fingerprint density at radius 2 is 1.94 bits per heavy atom. The molecule has 0 bridgehead atoms. The number of halogens is 2. The van der Waals surface area contributed by atoms with Gasteiger partial charge in [-0.3, -0.25) is 9.69 Å². The van der Waals surface area contributed by atoms with E-state index in [0.29, 0.717) is 13.1 Å². The molecule has 162 valence electrons. The SMILES string of the molecule is Cn1cc(C(=O)O)c(=O)c2cc3cc(F)c(N4CC(N5CCNCC5)C4)c(F)c3nc21. The fourth-order valence-electron chi connectivity index (χ4n) is 4.48. The number of fused-ring (bicyclic) bond motifs is 2. The zero-order chi connectivity index (χ0) is 21.9. The highest BCUT2D eigenvalue weighted by atomic mass is 19.1. The number of hydrogen-bond acceptors (Lipinski definition) is 6. The van der Waals surface area contributed by atoms with E-state index in [2.05, 4.69) is 15.2 Å². The van der Waals surface area contributed by atoms with Crippen molar-refractivity contribution in [2.24, 2.45) is 7.05 Å². The van der Waals surface area contributed by atoms with Crippen LogP contribution in [0.3, 0.4) is 0 Å². The maximum Gasteiger partial charge on any atom is 0.341 e. The zero-order valence-corrected chi connectivity index (χ0v) is 16.9. The molecular formula is C21H21F2N5O3. The van der Waals surface area contributed by atoms with E-state index in [1.165, 1.54) is 17.7 Å². The molecule has 0 aliphatic carbocycles. The van der Waals surface area contributed by atoms with Crippen molar-refractivity contribution in [1.82, 2.24) is 19.8 Å². The van der Waals surface area contributed by atoms with Crippen molar-refractivity contribution in [1.29, 1.82) is 0 Å². The van der Waals surface area contributed by atoms with Crippen LogP contribution in [-0.2, 0) is 7.05 Å². The third-order valence-electron chi connectivity index (χ3n) is 6.18. The first-order chi connectivity index (χ1) is 14.8. The number of anilines is 1. The van der Waals surface area contributed by atoms with Gasteiger partial charge in [-0.1, -0.05) is 0 Å². The van der Waals surface area contributed by atoms with Gasteiger partial charge in [0.2, 0.25) is 5.43 Å². The van der Waals surface area contributed by atoms with Crippen LogP contribution >= 0.6 is 0 Å². The molecule has 8 nitrogen and oxygen atoms in total. The van der Waals surface area contributed by atoms with Crippen molar-refractivity contribution in [3.8, 4) is 0 Å². The number of nitrogens with one attached hydrogen (secondary N) is 1. The molecule has 0 atom stereocenters. The normalized spacial score (nSPS) is 18.0. The molecule has 0 amide bonds. The quantitative estimate of drug-likeness (QED) is 0.604. The van der Waals surface area contributed by atoms with Crippen LogP contribution in [0.15, 0.2) is 23.1 Å². The lowest BCUT2D eigenvalue weighted by molar-refractivity contribution is 0.0695. The van der Waals surface area contributed by atoms with Crippen LogP contribution in [-0.4, -0.2) is 70.8 Å². The van der Waals surface area contributed by atoms with Crippen LogP contribution in [0.2, 0.25) is 0 Å². The Morgan fingerprint density at radius 3 is 2.61 bits per heavy atom. The number of rotatable bonds is 3. The molecule has 0 saturated carbocycles. The Kier molecular flexibility index (Phi) is 4.63. The minimum Gasteiger partial charge on any atom is -0.477 e. The van der Waals surface area contributed by atoms with Gasteiger partial charge in [-0.25, -0.2) is 18.6 Å². The first kappa shape index (κ1) is 19.8. The predicted molar refractivity (Wildman–Crippen MR) is 112 cm³/mol. The van der Waals surface area contributed by atoms with Gasteiger partial charge in [-0.2, -0.15) is 0 Å². The summed E-state index contributed by atoms with van der Waals surface area (Å²) in [5.41, 5.74) is -1.18. The van der Waals surface area contributed by atoms with Crippen molar-refractivity contribution in [2.45, 2.75) is 6.04 Å². The number of carboxylic acid groups (broad SMARTS) is 1. The molecule has 2 saturated heterocycles. The molecule has 5 rings (SSSR count). The van der Waals surface area contributed by atoms with E-state index in [1.54, 1.807) is 4.90 Å². The molecular weight excluding hydrogens is 408 g/mol. The molecule has 0 unspecified atom stereocenters. The minimum atomic E-state index is -1.37. The highest BCUT2D eigenvalue weighted by Gasteiger charge is 2.35. The maximum atomic E-state index is 15.4. The van der Waals surface area contributed by atoms with Crippen LogP contribution < -0.4 is 15.6 Å². The van der Waals surface area contributed by atoms with Crippen molar-refractivity contribution in [3.05, 3.63) is 45.8 Å². The first-order valence-electron chi connectivity index (χ1n) is 10.1. The van der Waals surface area contributed by atoms with Crippen molar-refractivity contribution in [2.75, 3.05) is 44.2 Å². The van der Waals surface area contributed by atoms with Gasteiger partial charge in [0.25, 0.3) is 0 Å². The Balaban J connectivity index is 1.57. The second-order valence-electron chi connectivity index (χ2n) is 8.08. The fourth-order valence-corrected chi connectivity index (χ4v) is 4.48. The number of carboxylic acids is 1. The second-order valence-corrected chi connectivity index (χ2v) is 8.08. The molecule has 4 heterocycles. The van der Waals surface area contributed by atoms with Crippen molar-refractivity contribution in [3.63, 3.8) is 0 Å². The van der Waals surface area contributed by atoms with Crippen LogP contribution in [0.1, 0.15) is 10.4 Å². The van der Waals surface area contributed by atoms with Gasteiger partial charge in [0, 0.05) is 63.9 Å². The van der Waals surface area contributed by atoms with Gasteiger partial charge in [0.05, 0.1) is 5.39 Å². The summed E-state index contributed by atoms with van der Waals surface area (Å²) in [6, 6.07) is 2.73. The number of aromatic nitrogens is 2. The highest BCUT2D eigenvalue weighted by molar-refractivity contribution is 5.97. The number of nitrogens with zero attached hydrogens (tertiary/aromatic N) is 4. The summed E-state index contributed by atoms with van der Waals surface area (Å²) < 4.78 is 31.7. The summed E-state index contributed by atoms with van der Waals surface area (Å²) in [6.45, 7) is 4.73. The predicted octanol–water partition coefficient (Wildman–Crippen LogP) is 1.16. The molecule has 31 heavy (non-hydrogen) atoms. The van der Waals surface area contributed by atoms with E-state index in [1.807, 2.05) is 0 Å². The number of aromatic carboxylic acids is 1. The van der Waals surface area contributed by atoms with Gasteiger partial charge in [-0.15, -0.1) is 0 Å². The Labute approximate surface area is 175 Å². The molecule has 2 aliphatic heterocycles. The van der Waals surface area contributed by atoms with Gasteiger partial charge >= 0.3 is 5.97 Å². The summed E-state index contributed by atoms with van der Waals surface area (Å²) >= 11 is 0. The first-order valence-corrected chi connectivity index (χ1v) is 10.1. The summed E-state index contributed by atoms with van der Waals surface area (Å²) in [7, 11) is 1.53. The zero-order valence-electron chi connectivity index (χ0n) is 16.9. The molecule has 0 radical (unpaired) electrons. The molecule has 0 spiro atoms. The lowest BCUT2D eigenvalue weighted by atomic mass is 10.0. The molecule has 1 aromatic carbocycles. The molecule has 2 N–H and O–H groups in total. The smallest absolute Gasteiger partial charge is 0.341 e. The topological polar surface area (TPSA) is 90.7 Å². The van der Waals surface area contributed by atoms with E-state index in [9.17, 15) is 19.1 Å². The standard InChI is InChI=1S/C21H21F2N5O3/c1-26-10-14(21(30)31)19(29)13-6-11-7-15(22)18(16(23)17(11)25-20(13)26)28-8-12(9-28)27-4-2-24-3-5-27/h6-7,10,12,24H,2-5,8-9H2,1H3,(H,30,31). The van der Waals surface area contributed by atoms with Gasteiger partial charge < -0.3 is 19.9 Å². The molecule has 2 fully saturated rings. The van der Waals surface area contributed by atoms with E-state index in [0.717, 1.165) is 38.4 Å². The van der Waals surface area contributed by atoms with E-state index >= 15 is 4.39 Å². The number of benzene rings is 1. The summed E-state index contributed by atoms with van der Waals surface area (Å²) in [4.78, 5) is 32.1. The fraction of sp³-hybridized carbons (Fsp3) is 0.381.